The molecule has 6 nitrogen and oxygen atoms in total. The SMILES string of the molecule is O=C([C@H]1CN2CCC1CC2)N1CCC[C@@H](CN2CCN(c3ccccn3)CC2)C1. The van der Waals surface area contributed by atoms with Crippen molar-refractivity contribution in [2.45, 2.75) is 25.7 Å². The molecule has 29 heavy (non-hydrogen) atoms. The van der Waals surface area contributed by atoms with Gasteiger partial charge in [-0.3, -0.25) is 9.69 Å². The highest BCUT2D eigenvalue weighted by atomic mass is 16.2. The molecule has 1 aromatic heterocycles. The zero-order valence-corrected chi connectivity index (χ0v) is 17.6. The first-order valence-corrected chi connectivity index (χ1v) is 11.7. The number of hydrogen-bond donors (Lipinski definition) is 0. The van der Waals surface area contributed by atoms with Crippen molar-refractivity contribution in [3.8, 4) is 0 Å². The van der Waals surface area contributed by atoms with Crippen LogP contribution in [0.1, 0.15) is 25.7 Å². The van der Waals surface area contributed by atoms with Crippen molar-refractivity contribution in [1.82, 2.24) is 19.7 Å². The lowest BCUT2D eigenvalue weighted by atomic mass is 9.78. The molecule has 6 heterocycles. The standard InChI is InChI=1S/C23H35N5O/c29-23(21-18-25-10-6-20(21)7-11-25)28-9-3-4-19(17-28)16-26-12-14-27(15-13-26)22-5-1-2-8-24-22/h1-2,5,8,19-21H,3-4,6-7,9-18H2/t19-,21-/m0/s1. The van der Waals surface area contributed by atoms with Gasteiger partial charge in [-0.2, -0.15) is 0 Å². The number of fused-ring (bicyclic) bond motifs is 3. The minimum Gasteiger partial charge on any atom is -0.354 e. The number of piperazine rings is 1. The first-order chi connectivity index (χ1) is 14.3. The minimum absolute atomic E-state index is 0.276. The van der Waals surface area contributed by atoms with Gasteiger partial charge in [0.1, 0.15) is 5.82 Å². The summed E-state index contributed by atoms with van der Waals surface area (Å²) in [5.74, 6) is 3.11. The third kappa shape index (κ3) is 4.29. The second kappa shape index (κ2) is 8.60. The van der Waals surface area contributed by atoms with Gasteiger partial charge in [-0.1, -0.05) is 6.07 Å². The van der Waals surface area contributed by atoms with Gasteiger partial charge in [0.25, 0.3) is 0 Å². The molecule has 6 rings (SSSR count). The van der Waals surface area contributed by atoms with Crippen molar-refractivity contribution in [2.24, 2.45) is 17.8 Å². The average molecular weight is 398 g/mol. The van der Waals surface area contributed by atoms with E-state index in [1.807, 2.05) is 12.3 Å². The molecule has 0 spiro atoms. The number of amides is 1. The Morgan fingerprint density at radius 1 is 0.966 bits per heavy atom. The lowest BCUT2D eigenvalue weighted by Crippen LogP contribution is -2.55. The van der Waals surface area contributed by atoms with Crippen LogP contribution in [0.2, 0.25) is 0 Å². The first-order valence-electron chi connectivity index (χ1n) is 11.7. The number of hydrogen-bond acceptors (Lipinski definition) is 5. The number of pyridine rings is 1. The van der Waals surface area contributed by atoms with Crippen molar-refractivity contribution in [1.29, 1.82) is 0 Å². The third-order valence-electron chi connectivity index (χ3n) is 7.67. The Kier molecular flexibility index (Phi) is 5.73. The summed E-state index contributed by atoms with van der Waals surface area (Å²) in [4.78, 5) is 27.5. The molecule has 2 atom stereocenters. The predicted molar refractivity (Wildman–Crippen MR) is 115 cm³/mol. The van der Waals surface area contributed by atoms with Gasteiger partial charge in [0.15, 0.2) is 0 Å². The molecule has 0 unspecified atom stereocenters. The van der Waals surface area contributed by atoms with Crippen molar-refractivity contribution in [3.63, 3.8) is 0 Å². The van der Waals surface area contributed by atoms with Gasteiger partial charge in [-0.25, -0.2) is 4.98 Å². The van der Waals surface area contributed by atoms with Gasteiger partial charge in [0, 0.05) is 58.6 Å². The van der Waals surface area contributed by atoms with E-state index in [1.165, 1.54) is 38.8 Å². The van der Waals surface area contributed by atoms with E-state index < -0.39 is 0 Å². The monoisotopic (exact) mass is 397 g/mol. The summed E-state index contributed by atoms with van der Waals surface area (Å²) in [6.07, 6.45) is 6.78. The quantitative estimate of drug-likeness (QED) is 0.775. The number of rotatable bonds is 4. The molecule has 1 amide bonds. The fourth-order valence-corrected chi connectivity index (χ4v) is 5.96. The molecule has 1 aromatic rings. The molecular formula is C23H35N5O. The van der Waals surface area contributed by atoms with Crippen LogP contribution in [0, 0.1) is 17.8 Å². The summed E-state index contributed by atoms with van der Waals surface area (Å²) in [5, 5.41) is 0. The Morgan fingerprint density at radius 3 is 2.48 bits per heavy atom. The smallest absolute Gasteiger partial charge is 0.227 e. The number of likely N-dealkylation sites (tertiary alicyclic amines) is 1. The van der Waals surface area contributed by atoms with Gasteiger partial charge >= 0.3 is 0 Å². The van der Waals surface area contributed by atoms with Crippen LogP contribution < -0.4 is 4.90 Å². The Bertz CT molecular complexity index is 682. The van der Waals surface area contributed by atoms with E-state index >= 15 is 0 Å². The van der Waals surface area contributed by atoms with E-state index in [0.29, 0.717) is 17.7 Å². The maximum Gasteiger partial charge on any atom is 0.227 e. The Labute approximate surface area is 174 Å². The number of nitrogens with zero attached hydrogens (tertiary/aromatic N) is 5. The van der Waals surface area contributed by atoms with Gasteiger partial charge in [-0.15, -0.1) is 0 Å². The number of carbonyl (C=O) groups excluding carboxylic acids is 1. The average Bonchev–Trinajstić information content (AvgIpc) is 2.80. The molecule has 5 aliphatic rings. The van der Waals surface area contributed by atoms with Gasteiger partial charge in [0.2, 0.25) is 5.91 Å². The van der Waals surface area contributed by atoms with Crippen LogP contribution in [0.15, 0.2) is 24.4 Å². The maximum absolute atomic E-state index is 13.3. The number of piperidine rings is 4. The number of carbonyl (C=O) groups is 1. The van der Waals surface area contributed by atoms with Gasteiger partial charge < -0.3 is 14.7 Å². The Hall–Kier alpha value is -1.66. The highest BCUT2D eigenvalue weighted by Crippen LogP contribution is 2.34. The van der Waals surface area contributed by atoms with Crippen molar-refractivity contribution in [3.05, 3.63) is 24.4 Å². The zero-order chi connectivity index (χ0) is 19.6. The second-order valence-corrected chi connectivity index (χ2v) is 9.51. The Balaban J connectivity index is 1.12. The summed E-state index contributed by atoms with van der Waals surface area (Å²) in [6, 6.07) is 6.15. The molecule has 2 bridgehead atoms. The van der Waals surface area contributed by atoms with Crippen LogP contribution in [0.5, 0.6) is 0 Å². The predicted octanol–water partition coefficient (Wildman–Crippen LogP) is 1.78. The van der Waals surface area contributed by atoms with Crippen molar-refractivity contribution >= 4 is 11.7 Å². The van der Waals surface area contributed by atoms with Crippen LogP contribution in [0.3, 0.4) is 0 Å². The summed E-state index contributed by atoms with van der Waals surface area (Å²) >= 11 is 0. The second-order valence-electron chi connectivity index (χ2n) is 9.51. The fraction of sp³-hybridized carbons (Fsp3) is 0.739. The number of aromatic nitrogens is 1. The van der Waals surface area contributed by atoms with Crippen LogP contribution in [0.25, 0.3) is 0 Å². The lowest BCUT2D eigenvalue weighted by Gasteiger charge is -2.46. The molecule has 0 aliphatic carbocycles. The summed E-state index contributed by atoms with van der Waals surface area (Å²) < 4.78 is 0. The largest absolute Gasteiger partial charge is 0.354 e. The van der Waals surface area contributed by atoms with Crippen molar-refractivity contribution < 1.29 is 4.79 Å². The minimum atomic E-state index is 0.276. The van der Waals surface area contributed by atoms with E-state index in [1.54, 1.807) is 0 Å². The van der Waals surface area contributed by atoms with Gasteiger partial charge in [0.05, 0.1) is 5.92 Å². The van der Waals surface area contributed by atoms with Crippen LogP contribution in [-0.2, 0) is 4.79 Å². The molecular weight excluding hydrogens is 362 g/mol. The number of anilines is 1. The summed E-state index contributed by atoms with van der Waals surface area (Å²) in [6.45, 7) is 10.8. The third-order valence-corrected chi connectivity index (χ3v) is 7.67. The normalized spacial score (nSPS) is 33.1. The van der Waals surface area contributed by atoms with Gasteiger partial charge in [-0.05, 0) is 62.7 Å². The maximum atomic E-state index is 13.3. The van der Waals surface area contributed by atoms with E-state index in [0.717, 1.165) is 58.2 Å². The Morgan fingerprint density at radius 2 is 1.79 bits per heavy atom. The van der Waals surface area contributed by atoms with E-state index in [-0.39, 0.29) is 5.92 Å². The topological polar surface area (TPSA) is 42.9 Å². The molecule has 5 fully saturated rings. The van der Waals surface area contributed by atoms with Crippen LogP contribution in [0.4, 0.5) is 5.82 Å². The molecule has 5 saturated heterocycles. The summed E-state index contributed by atoms with van der Waals surface area (Å²) in [7, 11) is 0. The molecule has 0 radical (unpaired) electrons. The van der Waals surface area contributed by atoms with E-state index in [9.17, 15) is 4.79 Å². The first kappa shape index (κ1) is 19.3. The van der Waals surface area contributed by atoms with E-state index in [2.05, 4.69) is 36.7 Å². The zero-order valence-electron chi connectivity index (χ0n) is 17.6. The lowest BCUT2D eigenvalue weighted by molar-refractivity contribution is -0.144. The highest BCUT2D eigenvalue weighted by molar-refractivity contribution is 5.79. The van der Waals surface area contributed by atoms with Crippen LogP contribution >= 0.6 is 0 Å². The van der Waals surface area contributed by atoms with E-state index in [4.69, 9.17) is 0 Å². The fourth-order valence-electron chi connectivity index (χ4n) is 5.96. The molecule has 0 aromatic carbocycles. The molecule has 5 aliphatic heterocycles. The molecule has 0 N–H and O–H groups in total. The molecule has 6 heteroatoms. The highest BCUT2D eigenvalue weighted by Gasteiger charge is 2.40. The molecule has 0 saturated carbocycles. The summed E-state index contributed by atoms with van der Waals surface area (Å²) in [5.41, 5.74) is 0. The molecule has 158 valence electrons. The van der Waals surface area contributed by atoms with Crippen LogP contribution in [-0.4, -0.2) is 91.0 Å². The van der Waals surface area contributed by atoms with Crippen molar-refractivity contribution in [2.75, 3.05) is 70.3 Å².